The first-order valence-corrected chi connectivity index (χ1v) is 4.09. The van der Waals surface area contributed by atoms with Crippen LogP contribution in [0.15, 0.2) is 24.3 Å². The second kappa shape index (κ2) is 5.01. The van der Waals surface area contributed by atoms with Gasteiger partial charge in [0.05, 0.1) is 6.42 Å². The van der Waals surface area contributed by atoms with Crippen molar-refractivity contribution in [3.63, 3.8) is 0 Å². The Labute approximate surface area is 81.1 Å². The highest BCUT2D eigenvalue weighted by molar-refractivity contribution is 5.70. The number of carboxylic acid groups (broad SMARTS) is 1. The normalized spacial score (nSPS) is 9.43. The summed E-state index contributed by atoms with van der Waals surface area (Å²) in [7, 11) is 0. The van der Waals surface area contributed by atoms with Gasteiger partial charge in [0, 0.05) is 0 Å². The quantitative estimate of drug-likeness (QED) is 0.707. The molecular formula is C10H10O4. The van der Waals surface area contributed by atoms with Crippen molar-refractivity contribution >= 4 is 12.3 Å². The molecule has 14 heavy (non-hydrogen) atoms. The lowest BCUT2D eigenvalue weighted by molar-refractivity contribution is -0.136. The topological polar surface area (TPSA) is 63.6 Å². The summed E-state index contributed by atoms with van der Waals surface area (Å²) in [6.07, 6.45) is 0.652. The third-order valence-corrected chi connectivity index (χ3v) is 1.60. The second-order valence-electron chi connectivity index (χ2n) is 2.69. The molecule has 0 aliphatic carbocycles. The molecule has 0 aromatic heterocycles. The molecule has 0 fully saturated rings. The van der Waals surface area contributed by atoms with E-state index in [1.165, 1.54) is 0 Å². The number of carbonyl (C=O) groups excluding carboxylic acids is 1. The number of aldehydes is 1. The molecule has 0 saturated carbocycles. The fraction of sp³-hybridized carbons (Fsp3) is 0.200. The zero-order chi connectivity index (χ0) is 10.4. The van der Waals surface area contributed by atoms with E-state index in [9.17, 15) is 9.59 Å². The van der Waals surface area contributed by atoms with E-state index in [4.69, 9.17) is 9.84 Å². The molecular weight excluding hydrogens is 184 g/mol. The number of aliphatic carboxylic acids is 1. The van der Waals surface area contributed by atoms with E-state index in [1.54, 1.807) is 24.3 Å². The van der Waals surface area contributed by atoms with Crippen LogP contribution >= 0.6 is 0 Å². The van der Waals surface area contributed by atoms with E-state index in [0.29, 0.717) is 17.6 Å². The van der Waals surface area contributed by atoms with Crippen LogP contribution in [0.1, 0.15) is 5.56 Å². The summed E-state index contributed by atoms with van der Waals surface area (Å²) in [5.74, 6) is -0.308. The van der Waals surface area contributed by atoms with Gasteiger partial charge in [-0.15, -0.1) is 0 Å². The zero-order valence-corrected chi connectivity index (χ0v) is 7.47. The van der Waals surface area contributed by atoms with Crippen molar-refractivity contribution in [1.82, 2.24) is 0 Å². The average Bonchev–Trinajstić information content (AvgIpc) is 2.16. The van der Waals surface area contributed by atoms with Crippen LogP contribution in [0.2, 0.25) is 0 Å². The van der Waals surface area contributed by atoms with Crippen molar-refractivity contribution in [3.05, 3.63) is 29.8 Å². The first-order valence-electron chi connectivity index (χ1n) is 4.09. The van der Waals surface area contributed by atoms with Gasteiger partial charge in [-0.3, -0.25) is 9.59 Å². The lowest BCUT2D eigenvalue weighted by atomic mass is 10.1. The van der Waals surface area contributed by atoms with Crippen molar-refractivity contribution in [2.75, 3.05) is 6.61 Å². The minimum absolute atomic E-state index is 0.00599. The summed E-state index contributed by atoms with van der Waals surface area (Å²) in [6.45, 7) is 0.0122. The second-order valence-corrected chi connectivity index (χ2v) is 2.69. The van der Waals surface area contributed by atoms with E-state index in [-0.39, 0.29) is 13.0 Å². The Balaban J connectivity index is 2.58. The van der Waals surface area contributed by atoms with Crippen LogP contribution in [0, 0.1) is 0 Å². The molecule has 0 amide bonds. The molecule has 1 aromatic carbocycles. The number of hydrogen-bond donors (Lipinski definition) is 1. The van der Waals surface area contributed by atoms with Gasteiger partial charge in [-0.1, -0.05) is 12.1 Å². The van der Waals surface area contributed by atoms with Gasteiger partial charge in [0.15, 0.2) is 6.29 Å². The average molecular weight is 194 g/mol. The van der Waals surface area contributed by atoms with Crippen molar-refractivity contribution in [2.45, 2.75) is 6.42 Å². The van der Waals surface area contributed by atoms with Gasteiger partial charge in [-0.05, 0) is 17.7 Å². The maximum absolute atomic E-state index is 10.3. The Hall–Kier alpha value is -1.84. The highest BCUT2D eigenvalue weighted by atomic mass is 16.5. The van der Waals surface area contributed by atoms with Gasteiger partial charge in [0.1, 0.15) is 12.4 Å². The highest BCUT2D eigenvalue weighted by Gasteiger charge is 2.00. The molecule has 0 aliphatic heterocycles. The summed E-state index contributed by atoms with van der Waals surface area (Å²) in [4.78, 5) is 20.3. The predicted octanol–water partition coefficient (Wildman–Crippen LogP) is 0.891. The molecule has 0 unspecified atom stereocenters. The van der Waals surface area contributed by atoms with Crippen LogP contribution in [0.4, 0.5) is 0 Å². The number of rotatable bonds is 5. The van der Waals surface area contributed by atoms with E-state index in [2.05, 4.69) is 0 Å². The van der Waals surface area contributed by atoms with E-state index in [1.807, 2.05) is 0 Å². The molecule has 74 valence electrons. The Bertz CT molecular complexity index is 315. The number of hydrogen-bond acceptors (Lipinski definition) is 3. The van der Waals surface area contributed by atoms with Crippen molar-refractivity contribution in [3.8, 4) is 5.75 Å². The summed E-state index contributed by atoms with van der Waals surface area (Å²) in [5, 5.41) is 8.50. The first kappa shape index (κ1) is 10.2. The maximum atomic E-state index is 10.3. The Morgan fingerprint density at radius 3 is 2.50 bits per heavy atom. The lowest BCUT2D eigenvalue weighted by Crippen LogP contribution is -2.00. The number of benzene rings is 1. The summed E-state index contributed by atoms with van der Waals surface area (Å²) >= 11 is 0. The van der Waals surface area contributed by atoms with Crippen LogP contribution in [-0.2, 0) is 16.0 Å². The van der Waals surface area contributed by atoms with Crippen LogP contribution in [0.5, 0.6) is 5.75 Å². The van der Waals surface area contributed by atoms with Crippen LogP contribution < -0.4 is 4.74 Å². The minimum Gasteiger partial charge on any atom is -0.486 e. The van der Waals surface area contributed by atoms with E-state index >= 15 is 0 Å². The van der Waals surface area contributed by atoms with Crippen LogP contribution in [-0.4, -0.2) is 24.0 Å². The molecule has 0 bridgehead atoms. The predicted molar refractivity (Wildman–Crippen MR) is 49.3 cm³/mol. The van der Waals surface area contributed by atoms with Gasteiger partial charge < -0.3 is 9.84 Å². The molecule has 1 rings (SSSR count). The van der Waals surface area contributed by atoms with Gasteiger partial charge in [0.25, 0.3) is 0 Å². The van der Waals surface area contributed by atoms with Gasteiger partial charge in [-0.25, -0.2) is 0 Å². The standard InChI is InChI=1S/C10H10O4/c11-5-6-14-9-3-1-8(2-4-9)7-10(12)13/h1-5H,6-7H2,(H,12,13). The van der Waals surface area contributed by atoms with Crippen LogP contribution in [0.3, 0.4) is 0 Å². The maximum Gasteiger partial charge on any atom is 0.307 e. The molecule has 1 N–H and O–H groups in total. The Kier molecular flexibility index (Phi) is 3.67. The van der Waals surface area contributed by atoms with Gasteiger partial charge in [-0.2, -0.15) is 0 Å². The number of carboxylic acids is 1. The fourth-order valence-electron chi connectivity index (χ4n) is 1.01. The third kappa shape index (κ3) is 3.26. The van der Waals surface area contributed by atoms with E-state index in [0.717, 1.165) is 0 Å². The zero-order valence-electron chi connectivity index (χ0n) is 7.47. The molecule has 4 heteroatoms. The van der Waals surface area contributed by atoms with Crippen molar-refractivity contribution < 1.29 is 19.4 Å². The largest absolute Gasteiger partial charge is 0.486 e. The molecule has 4 nitrogen and oxygen atoms in total. The first-order chi connectivity index (χ1) is 6.72. The lowest BCUT2D eigenvalue weighted by Gasteiger charge is -2.02. The SMILES string of the molecule is O=CCOc1ccc(CC(=O)O)cc1. The molecule has 1 aromatic rings. The molecule has 0 spiro atoms. The molecule has 0 aliphatic rings. The smallest absolute Gasteiger partial charge is 0.307 e. The van der Waals surface area contributed by atoms with Gasteiger partial charge in [0.2, 0.25) is 0 Å². The molecule has 0 heterocycles. The molecule has 0 radical (unpaired) electrons. The molecule has 0 atom stereocenters. The fourth-order valence-corrected chi connectivity index (χ4v) is 1.01. The van der Waals surface area contributed by atoms with E-state index < -0.39 is 5.97 Å². The Morgan fingerprint density at radius 1 is 1.36 bits per heavy atom. The van der Waals surface area contributed by atoms with Crippen molar-refractivity contribution in [1.29, 1.82) is 0 Å². The monoisotopic (exact) mass is 194 g/mol. The van der Waals surface area contributed by atoms with Gasteiger partial charge >= 0.3 is 5.97 Å². The van der Waals surface area contributed by atoms with Crippen molar-refractivity contribution in [2.24, 2.45) is 0 Å². The summed E-state index contributed by atoms with van der Waals surface area (Å²) < 4.78 is 5.00. The number of ether oxygens (including phenoxy) is 1. The summed E-state index contributed by atoms with van der Waals surface area (Å²) in [6, 6.07) is 6.60. The number of carbonyl (C=O) groups is 2. The molecule has 0 saturated heterocycles. The Morgan fingerprint density at radius 2 is 2.00 bits per heavy atom. The minimum atomic E-state index is -0.869. The highest BCUT2D eigenvalue weighted by Crippen LogP contribution is 2.12. The summed E-state index contributed by atoms with van der Waals surface area (Å²) in [5.41, 5.74) is 0.705. The van der Waals surface area contributed by atoms with Crippen LogP contribution in [0.25, 0.3) is 0 Å². The third-order valence-electron chi connectivity index (χ3n) is 1.60.